The van der Waals surface area contributed by atoms with E-state index in [9.17, 15) is 4.39 Å². The molecule has 0 radical (unpaired) electrons. The van der Waals surface area contributed by atoms with E-state index in [1.165, 1.54) is 0 Å². The Bertz CT molecular complexity index is 1400. The van der Waals surface area contributed by atoms with Crippen LogP contribution in [0.3, 0.4) is 0 Å². The number of anilines is 1. The number of nitrogens with zero attached hydrogens (tertiary/aromatic N) is 5. The number of halogens is 2. The maximum Gasteiger partial charge on any atom is 0.319 e. The number of rotatable bonds is 3. The lowest BCUT2D eigenvalue weighted by Gasteiger charge is -2.44. The van der Waals surface area contributed by atoms with Crippen LogP contribution in [0, 0.1) is 35.4 Å². The Balaban J connectivity index is 1.23. The maximum absolute atomic E-state index is 17.2. The minimum Gasteiger partial charge on any atom is -0.461 e. The first-order chi connectivity index (χ1) is 21.9. The molecule has 6 aliphatic heterocycles. The molecule has 9 atom stereocenters. The fourth-order valence-electron chi connectivity index (χ4n) is 9.93. The van der Waals surface area contributed by atoms with Crippen molar-refractivity contribution in [3.63, 3.8) is 0 Å². The van der Waals surface area contributed by atoms with E-state index in [0.29, 0.717) is 65.7 Å². The van der Waals surface area contributed by atoms with Crippen molar-refractivity contribution in [3.8, 4) is 6.01 Å². The summed E-state index contributed by atoms with van der Waals surface area (Å²) in [6, 6.07) is 0.465. The first kappa shape index (κ1) is 30.1. The predicted molar refractivity (Wildman–Crippen MR) is 168 cm³/mol. The number of piperidine rings is 1. The number of ether oxygens (including phenoxy) is 2. The van der Waals surface area contributed by atoms with Gasteiger partial charge in [0.2, 0.25) is 0 Å². The summed E-state index contributed by atoms with van der Waals surface area (Å²) in [6.45, 7) is 10.2. The quantitative estimate of drug-likeness (QED) is 0.508. The minimum absolute atomic E-state index is 0.0324. The van der Waals surface area contributed by atoms with Crippen LogP contribution in [0.1, 0.15) is 76.8 Å². The number of alkyl halides is 1. The highest BCUT2D eigenvalue weighted by Gasteiger charge is 2.50. The summed E-state index contributed by atoms with van der Waals surface area (Å²) in [5.74, 6) is 2.14. The second-order valence-electron chi connectivity index (χ2n) is 15.3. The van der Waals surface area contributed by atoms with E-state index >= 15 is 4.39 Å². The van der Waals surface area contributed by atoms with E-state index in [1.54, 1.807) is 0 Å². The molecule has 9 nitrogen and oxygen atoms in total. The summed E-state index contributed by atoms with van der Waals surface area (Å²) < 4.78 is 44.4. The van der Waals surface area contributed by atoms with Gasteiger partial charge >= 0.3 is 6.01 Å². The van der Waals surface area contributed by atoms with E-state index in [-0.39, 0.29) is 35.2 Å². The first-order valence-electron chi connectivity index (χ1n) is 17.6. The average molecular weight is 626 g/mol. The van der Waals surface area contributed by atoms with E-state index in [1.807, 2.05) is 6.20 Å². The van der Waals surface area contributed by atoms with Crippen molar-refractivity contribution in [2.24, 2.45) is 29.6 Å². The smallest absolute Gasteiger partial charge is 0.319 e. The van der Waals surface area contributed by atoms with Gasteiger partial charge in [0.15, 0.2) is 5.82 Å². The zero-order chi connectivity index (χ0) is 30.7. The molecule has 1 saturated carbocycles. The molecule has 4 saturated heterocycles. The van der Waals surface area contributed by atoms with Gasteiger partial charge in [0.1, 0.15) is 24.1 Å². The fourth-order valence-corrected chi connectivity index (χ4v) is 9.93. The van der Waals surface area contributed by atoms with Crippen LogP contribution in [-0.2, 0) is 4.74 Å². The Morgan fingerprint density at radius 1 is 1.11 bits per heavy atom. The number of hydrazine groups is 1. The van der Waals surface area contributed by atoms with Crippen LogP contribution in [0.25, 0.3) is 10.9 Å². The van der Waals surface area contributed by atoms with Gasteiger partial charge in [-0.1, -0.05) is 13.8 Å². The highest BCUT2D eigenvalue weighted by atomic mass is 19.1. The second-order valence-corrected chi connectivity index (χ2v) is 15.3. The van der Waals surface area contributed by atoms with E-state index in [0.717, 1.165) is 84.3 Å². The summed E-state index contributed by atoms with van der Waals surface area (Å²) >= 11 is 0. The van der Waals surface area contributed by atoms with Crippen LogP contribution in [-0.4, -0.2) is 90.1 Å². The SMILES string of the molecule is CC1CC2NNCC2C2c3ncc4c(nc(OC[C@@]56CCCN5C[C@H](F)C6)nc4c3F)N3CCC[C@@H](COCC[C@@H](C)CC12)C3. The van der Waals surface area contributed by atoms with Crippen molar-refractivity contribution in [3.05, 3.63) is 17.7 Å². The van der Waals surface area contributed by atoms with Crippen LogP contribution >= 0.6 is 0 Å². The molecule has 0 aromatic carbocycles. The molecule has 1 aliphatic carbocycles. The topological polar surface area (TPSA) is 87.7 Å². The molecule has 8 heterocycles. The summed E-state index contributed by atoms with van der Waals surface area (Å²) in [7, 11) is 0. The van der Waals surface area contributed by atoms with Gasteiger partial charge in [0.25, 0.3) is 0 Å². The van der Waals surface area contributed by atoms with Crippen molar-refractivity contribution < 1.29 is 18.3 Å². The van der Waals surface area contributed by atoms with Gasteiger partial charge in [0.05, 0.1) is 23.2 Å². The standard InChI is InChI=1S/C34H49F2N7O2/c1-20-6-10-44-18-22-5-3-8-42(16-22)32-26-14-37-31(28-24(11-20)21(2)12-27-25(28)15-38-41-27)29(36)30(26)39-33(40-32)45-19-34-7-4-9-43(34)17-23(35)13-34/h14,20-25,27-28,38,41H,3-13,15-19H2,1-2H3/t20-,21?,22-,23-,24?,25?,27?,28?,34+/m1/s1. The molecule has 2 N–H and O–H groups in total. The number of hydrogen-bond acceptors (Lipinski definition) is 9. The molecule has 2 aromatic heterocycles. The van der Waals surface area contributed by atoms with Gasteiger partial charge in [0, 0.05) is 57.4 Å². The second kappa shape index (κ2) is 12.1. The fraction of sp³-hybridized carbons (Fsp3) is 0.794. The van der Waals surface area contributed by atoms with E-state index < -0.39 is 6.17 Å². The normalized spacial score (nSPS) is 38.9. The molecular weight excluding hydrogens is 576 g/mol. The van der Waals surface area contributed by atoms with Gasteiger partial charge in [-0.05, 0) is 81.1 Å². The predicted octanol–water partition coefficient (Wildman–Crippen LogP) is 4.61. The lowest BCUT2D eigenvalue weighted by Crippen LogP contribution is -2.44. The van der Waals surface area contributed by atoms with Crippen molar-refractivity contribution in [1.82, 2.24) is 30.7 Å². The summed E-state index contributed by atoms with van der Waals surface area (Å²) in [5.41, 5.74) is 7.35. The lowest BCUT2D eigenvalue weighted by atomic mass is 9.61. The lowest BCUT2D eigenvalue weighted by molar-refractivity contribution is 0.0727. The Kier molecular flexibility index (Phi) is 8.11. The molecule has 246 valence electrons. The third-order valence-electron chi connectivity index (χ3n) is 12.2. The molecule has 7 aliphatic rings. The number of nitrogens with one attached hydrogen (secondary N) is 2. The Labute approximate surface area is 265 Å². The zero-order valence-electron chi connectivity index (χ0n) is 26.8. The first-order valence-corrected chi connectivity index (χ1v) is 17.6. The van der Waals surface area contributed by atoms with Crippen LogP contribution in [0.5, 0.6) is 6.01 Å². The molecule has 2 aromatic rings. The minimum atomic E-state index is -0.843. The van der Waals surface area contributed by atoms with Crippen LogP contribution < -0.4 is 20.5 Å². The Morgan fingerprint density at radius 2 is 2.02 bits per heavy atom. The van der Waals surface area contributed by atoms with E-state index in [4.69, 9.17) is 24.4 Å². The largest absolute Gasteiger partial charge is 0.461 e. The van der Waals surface area contributed by atoms with E-state index in [2.05, 4.69) is 34.5 Å². The van der Waals surface area contributed by atoms with Gasteiger partial charge in [-0.2, -0.15) is 9.97 Å². The monoisotopic (exact) mass is 625 g/mol. The molecule has 9 rings (SSSR count). The van der Waals surface area contributed by atoms with Gasteiger partial charge in [-0.15, -0.1) is 0 Å². The van der Waals surface area contributed by atoms with Crippen LogP contribution in [0.15, 0.2) is 6.20 Å². The van der Waals surface area contributed by atoms with Crippen molar-refractivity contribution in [2.45, 2.75) is 88.9 Å². The van der Waals surface area contributed by atoms with Gasteiger partial charge in [-0.25, -0.2) is 8.78 Å². The highest BCUT2D eigenvalue weighted by Crippen LogP contribution is 2.50. The molecule has 5 fully saturated rings. The Morgan fingerprint density at radius 3 is 2.93 bits per heavy atom. The maximum atomic E-state index is 17.2. The van der Waals surface area contributed by atoms with Crippen LogP contribution in [0.4, 0.5) is 14.6 Å². The Hall–Kier alpha value is -2.21. The number of fused-ring (bicyclic) bond motifs is 8. The average Bonchev–Trinajstić information content (AvgIpc) is 3.73. The molecule has 0 spiro atoms. The number of pyridine rings is 1. The molecular formula is C34H49F2N7O2. The molecule has 11 heteroatoms. The third-order valence-corrected chi connectivity index (χ3v) is 12.2. The van der Waals surface area contributed by atoms with Crippen molar-refractivity contribution >= 4 is 16.7 Å². The molecule has 5 unspecified atom stereocenters. The highest BCUT2D eigenvalue weighted by molar-refractivity contribution is 5.90. The molecule has 0 amide bonds. The van der Waals surface area contributed by atoms with Crippen molar-refractivity contribution in [1.29, 1.82) is 0 Å². The molecule has 45 heavy (non-hydrogen) atoms. The van der Waals surface area contributed by atoms with Crippen molar-refractivity contribution in [2.75, 3.05) is 57.4 Å². The number of aromatic nitrogens is 3. The van der Waals surface area contributed by atoms with Gasteiger partial charge in [-0.3, -0.25) is 20.7 Å². The van der Waals surface area contributed by atoms with Gasteiger partial charge < -0.3 is 14.4 Å². The summed E-state index contributed by atoms with van der Waals surface area (Å²) in [4.78, 5) is 19.2. The molecule has 6 bridgehead atoms. The summed E-state index contributed by atoms with van der Waals surface area (Å²) in [6.07, 6.45) is 8.59. The van der Waals surface area contributed by atoms with Crippen LogP contribution in [0.2, 0.25) is 0 Å². The summed E-state index contributed by atoms with van der Waals surface area (Å²) in [5, 5.41) is 0.635. The number of hydrogen-bond donors (Lipinski definition) is 2. The zero-order valence-corrected chi connectivity index (χ0v) is 26.8. The third kappa shape index (κ3) is 5.49.